The lowest BCUT2D eigenvalue weighted by Crippen LogP contribution is -2.40. The first-order valence-electron chi connectivity index (χ1n) is 5.99. The molecule has 5 heteroatoms. The van der Waals surface area contributed by atoms with Gasteiger partial charge >= 0.3 is 0 Å². The number of nitrogens with zero attached hydrogens (tertiary/aromatic N) is 1. The third-order valence-corrected chi connectivity index (χ3v) is 3.23. The van der Waals surface area contributed by atoms with Crippen LogP contribution < -0.4 is 5.73 Å². The highest BCUT2D eigenvalue weighted by atomic mass is 19.1. The molecule has 1 aromatic carbocycles. The Morgan fingerprint density at radius 1 is 1.39 bits per heavy atom. The summed E-state index contributed by atoms with van der Waals surface area (Å²) in [4.78, 5) is 13.9. The average molecular weight is 252 g/mol. The van der Waals surface area contributed by atoms with Crippen LogP contribution in [0.15, 0.2) is 18.2 Å². The summed E-state index contributed by atoms with van der Waals surface area (Å²) in [7, 11) is 1.74. The fourth-order valence-corrected chi connectivity index (χ4v) is 2.18. The maximum absolute atomic E-state index is 13.2. The predicted octanol–water partition coefficient (Wildman–Crippen LogP) is 1.66. The van der Waals surface area contributed by atoms with Crippen molar-refractivity contribution in [3.05, 3.63) is 29.6 Å². The van der Waals surface area contributed by atoms with Gasteiger partial charge in [0.05, 0.1) is 0 Å². The Kier molecular flexibility index (Phi) is 3.81. The molecular formula is C13H17FN2O2. The molecule has 1 aliphatic rings. The summed E-state index contributed by atoms with van der Waals surface area (Å²) in [5.41, 5.74) is 6.10. The first-order chi connectivity index (χ1) is 8.58. The maximum Gasteiger partial charge on any atom is 0.254 e. The Labute approximate surface area is 106 Å². The van der Waals surface area contributed by atoms with E-state index in [-0.39, 0.29) is 17.6 Å². The van der Waals surface area contributed by atoms with Gasteiger partial charge in [0.15, 0.2) is 0 Å². The summed E-state index contributed by atoms with van der Waals surface area (Å²) in [5, 5.41) is 0. The maximum atomic E-state index is 13.2. The van der Waals surface area contributed by atoms with Crippen LogP contribution in [0.4, 0.5) is 10.1 Å². The van der Waals surface area contributed by atoms with Crippen molar-refractivity contribution in [2.24, 2.45) is 0 Å². The molecule has 0 unspecified atom stereocenters. The van der Waals surface area contributed by atoms with E-state index in [1.165, 1.54) is 18.2 Å². The molecular weight excluding hydrogens is 235 g/mol. The molecule has 98 valence electrons. The summed E-state index contributed by atoms with van der Waals surface area (Å²) < 4.78 is 18.5. The molecule has 1 fully saturated rings. The van der Waals surface area contributed by atoms with Gasteiger partial charge in [-0.15, -0.1) is 0 Å². The smallest absolute Gasteiger partial charge is 0.254 e. The van der Waals surface area contributed by atoms with Gasteiger partial charge in [-0.1, -0.05) is 0 Å². The number of ether oxygens (including phenoxy) is 1. The summed E-state index contributed by atoms with van der Waals surface area (Å²) in [6.45, 7) is 1.32. The van der Waals surface area contributed by atoms with Crippen LogP contribution in [0, 0.1) is 5.82 Å². The highest BCUT2D eigenvalue weighted by molar-refractivity contribution is 5.95. The van der Waals surface area contributed by atoms with E-state index in [4.69, 9.17) is 10.5 Å². The zero-order valence-electron chi connectivity index (χ0n) is 10.4. The standard InChI is InChI=1S/C13H17FN2O2/c1-16(12-2-4-18-5-3-12)13(17)9-6-10(14)8-11(15)7-9/h6-8,12H,2-5,15H2,1H3. The molecule has 2 rings (SSSR count). The normalized spacial score (nSPS) is 16.6. The quantitative estimate of drug-likeness (QED) is 0.814. The number of hydrogen-bond acceptors (Lipinski definition) is 3. The van der Waals surface area contributed by atoms with Crippen LogP contribution in [0.2, 0.25) is 0 Å². The topological polar surface area (TPSA) is 55.6 Å². The van der Waals surface area contributed by atoms with Crippen molar-refractivity contribution < 1.29 is 13.9 Å². The van der Waals surface area contributed by atoms with Gasteiger partial charge in [0.2, 0.25) is 0 Å². The molecule has 0 radical (unpaired) electrons. The molecule has 2 N–H and O–H groups in total. The molecule has 1 heterocycles. The Morgan fingerprint density at radius 2 is 2.06 bits per heavy atom. The number of hydrogen-bond donors (Lipinski definition) is 1. The number of nitrogen functional groups attached to an aromatic ring is 1. The highest BCUT2D eigenvalue weighted by Gasteiger charge is 2.23. The Hall–Kier alpha value is -1.62. The van der Waals surface area contributed by atoms with Crippen LogP contribution in [0.3, 0.4) is 0 Å². The van der Waals surface area contributed by atoms with Crippen LogP contribution in [-0.2, 0) is 4.74 Å². The third kappa shape index (κ3) is 2.79. The van der Waals surface area contributed by atoms with Gasteiger partial charge < -0.3 is 15.4 Å². The number of benzene rings is 1. The van der Waals surface area contributed by atoms with Crippen molar-refractivity contribution >= 4 is 11.6 Å². The lowest BCUT2D eigenvalue weighted by Gasteiger charge is -2.31. The molecule has 1 aliphatic heterocycles. The van der Waals surface area contributed by atoms with Crippen LogP contribution in [-0.4, -0.2) is 37.1 Å². The van der Waals surface area contributed by atoms with E-state index in [0.717, 1.165) is 12.8 Å². The second kappa shape index (κ2) is 5.35. The number of carbonyl (C=O) groups excluding carboxylic acids is 1. The van der Waals surface area contributed by atoms with E-state index in [1.807, 2.05) is 0 Å². The van der Waals surface area contributed by atoms with Crippen molar-refractivity contribution in [3.8, 4) is 0 Å². The first-order valence-corrected chi connectivity index (χ1v) is 5.99. The van der Waals surface area contributed by atoms with E-state index in [9.17, 15) is 9.18 Å². The summed E-state index contributed by atoms with van der Waals surface area (Å²) in [6, 6.07) is 4.07. The lowest BCUT2D eigenvalue weighted by molar-refractivity contribution is 0.0362. The zero-order valence-corrected chi connectivity index (χ0v) is 10.4. The van der Waals surface area contributed by atoms with Gasteiger partial charge in [-0.05, 0) is 31.0 Å². The van der Waals surface area contributed by atoms with Crippen molar-refractivity contribution in [3.63, 3.8) is 0 Å². The van der Waals surface area contributed by atoms with E-state index >= 15 is 0 Å². The number of rotatable bonds is 2. The molecule has 4 nitrogen and oxygen atoms in total. The average Bonchev–Trinajstić information content (AvgIpc) is 2.37. The van der Waals surface area contributed by atoms with Gasteiger partial charge in [-0.2, -0.15) is 0 Å². The number of nitrogens with two attached hydrogens (primary N) is 1. The van der Waals surface area contributed by atoms with Gasteiger partial charge in [0, 0.05) is 37.6 Å². The van der Waals surface area contributed by atoms with E-state index in [0.29, 0.717) is 18.8 Å². The molecule has 0 bridgehead atoms. The fraction of sp³-hybridized carbons (Fsp3) is 0.462. The Bertz CT molecular complexity index is 424. The van der Waals surface area contributed by atoms with E-state index in [2.05, 4.69) is 0 Å². The SMILES string of the molecule is CN(C(=O)c1cc(N)cc(F)c1)C1CCOCC1. The molecule has 0 aromatic heterocycles. The van der Waals surface area contributed by atoms with Gasteiger partial charge in [0.25, 0.3) is 5.91 Å². The summed E-state index contributed by atoms with van der Waals surface area (Å²) in [6.07, 6.45) is 1.63. The van der Waals surface area contributed by atoms with Crippen molar-refractivity contribution in [2.75, 3.05) is 26.0 Å². The summed E-state index contributed by atoms with van der Waals surface area (Å²) in [5.74, 6) is -0.688. The first kappa shape index (κ1) is 12.8. The van der Waals surface area contributed by atoms with E-state index < -0.39 is 5.82 Å². The lowest BCUT2D eigenvalue weighted by atomic mass is 10.1. The van der Waals surface area contributed by atoms with Crippen LogP contribution >= 0.6 is 0 Å². The molecule has 0 spiro atoms. The summed E-state index contributed by atoms with van der Waals surface area (Å²) >= 11 is 0. The molecule has 18 heavy (non-hydrogen) atoms. The minimum atomic E-state index is -0.487. The largest absolute Gasteiger partial charge is 0.399 e. The third-order valence-electron chi connectivity index (χ3n) is 3.23. The zero-order chi connectivity index (χ0) is 13.1. The molecule has 0 aliphatic carbocycles. The second-order valence-corrected chi connectivity index (χ2v) is 4.53. The van der Waals surface area contributed by atoms with Crippen molar-refractivity contribution in [1.82, 2.24) is 4.90 Å². The van der Waals surface area contributed by atoms with Gasteiger partial charge in [-0.25, -0.2) is 4.39 Å². The van der Waals surface area contributed by atoms with Crippen molar-refractivity contribution in [1.29, 1.82) is 0 Å². The highest BCUT2D eigenvalue weighted by Crippen LogP contribution is 2.18. The number of amides is 1. The van der Waals surface area contributed by atoms with Crippen LogP contribution in [0.1, 0.15) is 23.2 Å². The molecule has 1 amide bonds. The molecule has 1 aromatic rings. The molecule has 1 saturated heterocycles. The Morgan fingerprint density at radius 3 is 2.67 bits per heavy atom. The van der Waals surface area contributed by atoms with Gasteiger partial charge in [-0.3, -0.25) is 4.79 Å². The predicted molar refractivity (Wildman–Crippen MR) is 66.7 cm³/mol. The molecule has 0 atom stereocenters. The van der Waals surface area contributed by atoms with Gasteiger partial charge in [0.1, 0.15) is 5.82 Å². The minimum absolute atomic E-state index is 0.149. The number of halogens is 1. The second-order valence-electron chi connectivity index (χ2n) is 4.53. The minimum Gasteiger partial charge on any atom is -0.399 e. The monoisotopic (exact) mass is 252 g/mol. The van der Waals surface area contributed by atoms with Crippen molar-refractivity contribution in [2.45, 2.75) is 18.9 Å². The molecule has 0 saturated carbocycles. The van der Waals surface area contributed by atoms with Crippen LogP contribution in [0.25, 0.3) is 0 Å². The number of carbonyl (C=O) groups is 1. The fourth-order valence-electron chi connectivity index (χ4n) is 2.18. The Balaban J connectivity index is 2.14. The van der Waals surface area contributed by atoms with E-state index in [1.54, 1.807) is 11.9 Å². The van der Waals surface area contributed by atoms with Crippen LogP contribution in [0.5, 0.6) is 0 Å². The number of anilines is 1.